The van der Waals surface area contributed by atoms with Gasteiger partial charge in [-0.2, -0.15) is 0 Å². The van der Waals surface area contributed by atoms with Gasteiger partial charge in [-0.15, -0.1) is 12.4 Å². The number of fused-ring (bicyclic) bond motifs is 1. The minimum absolute atomic E-state index is 0. The number of hydrogen-bond donors (Lipinski definition) is 1. The monoisotopic (exact) mass is 422 g/mol. The third kappa shape index (κ3) is 4.29. The summed E-state index contributed by atoms with van der Waals surface area (Å²) in [6.45, 7) is 0.442. The van der Waals surface area contributed by atoms with Crippen molar-refractivity contribution in [2.45, 2.75) is 25.3 Å². The Labute approximate surface area is 161 Å². The highest BCUT2D eigenvalue weighted by Crippen LogP contribution is 2.24. The van der Waals surface area contributed by atoms with Crippen molar-refractivity contribution in [1.82, 2.24) is 4.90 Å². The van der Waals surface area contributed by atoms with Gasteiger partial charge in [-0.3, -0.25) is 14.5 Å². The zero-order chi connectivity index (χ0) is 17.1. The topological polar surface area (TPSA) is 63.4 Å². The largest absolute Gasteiger partial charge is 0.324 e. The molecule has 2 aromatic carbocycles. The van der Waals surface area contributed by atoms with Crippen molar-refractivity contribution < 1.29 is 9.59 Å². The van der Waals surface area contributed by atoms with E-state index in [1.54, 1.807) is 24.3 Å². The van der Waals surface area contributed by atoms with E-state index in [4.69, 9.17) is 5.73 Å². The number of amides is 2. The first-order valence-electron chi connectivity index (χ1n) is 8.04. The molecule has 0 spiro atoms. The predicted molar refractivity (Wildman–Crippen MR) is 104 cm³/mol. The molecule has 4 nitrogen and oxygen atoms in total. The standard InChI is InChI=1S/C19H19BrN2O2.ClH/c20-14-7-5-6-13(12-14)17(21)10-3-4-11-22-18(23)15-8-1-2-9-16(15)19(22)24;/h1-2,5-9,12,17H,3-4,10-11,21H2;1H. The lowest BCUT2D eigenvalue weighted by Gasteiger charge is -2.15. The van der Waals surface area contributed by atoms with Crippen molar-refractivity contribution in [3.63, 3.8) is 0 Å². The molecule has 0 radical (unpaired) electrons. The first-order valence-corrected chi connectivity index (χ1v) is 8.83. The second-order valence-corrected chi connectivity index (χ2v) is 6.88. The molecule has 6 heteroatoms. The lowest BCUT2D eigenvalue weighted by molar-refractivity contribution is 0.0651. The fraction of sp³-hybridized carbons (Fsp3) is 0.263. The normalized spacial score (nSPS) is 14.2. The average Bonchev–Trinajstić information content (AvgIpc) is 2.83. The second kappa shape index (κ2) is 8.61. The van der Waals surface area contributed by atoms with Crippen LogP contribution in [0.5, 0.6) is 0 Å². The minimum atomic E-state index is -0.188. The summed E-state index contributed by atoms with van der Waals surface area (Å²) in [6.07, 6.45) is 2.44. The van der Waals surface area contributed by atoms with E-state index >= 15 is 0 Å². The summed E-state index contributed by atoms with van der Waals surface area (Å²) < 4.78 is 1.02. The van der Waals surface area contributed by atoms with E-state index in [1.165, 1.54) is 4.90 Å². The van der Waals surface area contributed by atoms with E-state index in [0.717, 1.165) is 29.3 Å². The number of unbranched alkanes of at least 4 members (excludes halogenated alkanes) is 1. The van der Waals surface area contributed by atoms with Crippen LogP contribution in [-0.4, -0.2) is 23.3 Å². The smallest absolute Gasteiger partial charge is 0.261 e. The van der Waals surface area contributed by atoms with Gasteiger partial charge in [0.15, 0.2) is 0 Å². The average molecular weight is 424 g/mol. The van der Waals surface area contributed by atoms with Crippen LogP contribution in [0.25, 0.3) is 0 Å². The fourth-order valence-corrected chi connectivity index (χ4v) is 3.40. The van der Waals surface area contributed by atoms with Crippen LogP contribution < -0.4 is 5.73 Å². The Kier molecular flexibility index (Phi) is 6.76. The number of benzene rings is 2. The van der Waals surface area contributed by atoms with E-state index in [-0.39, 0.29) is 30.3 Å². The number of imide groups is 1. The number of carbonyl (C=O) groups excluding carboxylic acids is 2. The summed E-state index contributed by atoms with van der Waals surface area (Å²) in [6, 6.07) is 14.9. The molecule has 0 saturated carbocycles. The van der Waals surface area contributed by atoms with Crippen molar-refractivity contribution >= 4 is 40.2 Å². The maximum Gasteiger partial charge on any atom is 0.261 e. The molecule has 3 rings (SSSR count). The summed E-state index contributed by atoms with van der Waals surface area (Å²) in [7, 11) is 0. The van der Waals surface area contributed by atoms with Crippen LogP contribution in [0.1, 0.15) is 51.6 Å². The van der Waals surface area contributed by atoms with Gasteiger partial charge >= 0.3 is 0 Å². The Morgan fingerprint density at radius 1 is 0.960 bits per heavy atom. The van der Waals surface area contributed by atoms with Crippen LogP contribution in [-0.2, 0) is 0 Å². The molecule has 0 fully saturated rings. The number of rotatable bonds is 6. The third-order valence-electron chi connectivity index (χ3n) is 4.30. The Bertz CT molecular complexity index is 747. The second-order valence-electron chi connectivity index (χ2n) is 5.96. The molecule has 0 aromatic heterocycles. The summed E-state index contributed by atoms with van der Waals surface area (Å²) in [5, 5.41) is 0. The van der Waals surface area contributed by atoms with E-state index < -0.39 is 0 Å². The summed E-state index contributed by atoms with van der Waals surface area (Å²) >= 11 is 3.45. The Morgan fingerprint density at radius 3 is 2.20 bits per heavy atom. The van der Waals surface area contributed by atoms with Crippen LogP contribution in [0.3, 0.4) is 0 Å². The highest BCUT2D eigenvalue weighted by molar-refractivity contribution is 9.10. The van der Waals surface area contributed by atoms with Crippen LogP contribution in [0, 0.1) is 0 Å². The Morgan fingerprint density at radius 2 is 1.60 bits per heavy atom. The number of halogens is 2. The molecule has 2 amide bonds. The van der Waals surface area contributed by atoms with Crippen LogP contribution in [0.4, 0.5) is 0 Å². The van der Waals surface area contributed by atoms with E-state index in [1.807, 2.05) is 24.3 Å². The van der Waals surface area contributed by atoms with Gasteiger partial charge in [0.2, 0.25) is 0 Å². The van der Waals surface area contributed by atoms with Crippen LogP contribution in [0.15, 0.2) is 53.0 Å². The third-order valence-corrected chi connectivity index (χ3v) is 4.80. The first kappa shape index (κ1) is 19.6. The maximum atomic E-state index is 12.3. The van der Waals surface area contributed by atoms with Crippen molar-refractivity contribution in [2.75, 3.05) is 6.54 Å². The van der Waals surface area contributed by atoms with Crippen LogP contribution in [0.2, 0.25) is 0 Å². The molecule has 2 aromatic rings. The zero-order valence-electron chi connectivity index (χ0n) is 13.7. The van der Waals surface area contributed by atoms with E-state index in [2.05, 4.69) is 15.9 Å². The molecule has 1 atom stereocenters. The van der Waals surface area contributed by atoms with Gasteiger partial charge in [0.25, 0.3) is 11.8 Å². The van der Waals surface area contributed by atoms with Gasteiger partial charge in [-0.05, 0) is 49.1 Å². The highest BCUT2D eigenvalue weighted by Gasteiger charge is 2.34. The summed E-state index contributed by atoms with van der Waals surface area (Å²) in [5.74, 6) is -0.376. The number of nitrogens with zero attached hydrogens (tertiary/aromatic N) is 1. The lowest BCUT2D eigenvalue weighted by atomic mass is 10.0. The van der Waals surface area contributed by atoms with Gasteiger partial charge in [0, 0.05) is 17.1 Å². The molecule has 0 bridgehead atoms. The van der Waals surface area contributed by atoms with Crippen molar-refractivity contribution in [3.05, 3.63) is 69.7 Å². The molecular weight excluding hydrogens is 404 g/mol. The van der Waals surface area contributed by atoms with Crippen molar-refractivity contribution in [1.29, 1.82) is 0 Å². The minimum Gasteiger partial charge on any atom is -0.324 e. The molecular formula is C19H20BrClN2O2. The molecule has 1 heterocycles. The van der Waals surface area contributed by atoms with Gasteiger partial charge in [0.05, 0.1) is 11.1 Å². The molecule has 132 valence electrons. The maximum absolute atomic E-state index is 12.3. The summed E-state index contributed by atoms with van der Waals surface area (Å²) in [5.41, 5.74) is 8.32. The van der Waals surface area contributed by atoms with Crippen molar-refractivity contribution in [3.8, 4) is 0 Å². The molecule has 1 aliphatic rings. The number of carbonyl (C=O) groups is 2. The number of hydrogen-bond acceptors (Lipinski definition) is 3. The van der Waals surface area contributed by atoms with E-state index in [9.17, 15) is 9.59 Å². The SMILES string of the molecule is Cl.NC(CCCCN1C(=O)c2ccccc2C1=O)c1cccc(Br)c1. The predicted octanol–water partition coefficient (Wildman–Crippen LogP) is 4.34. The molecule has 0 aliphatic carbocycles. The highest BCUT2D eigenvalue weighted by atomic mass is 79.9. The quantitative estimate of drug-likeness (QED) is 0.555. The lowest BCUT2D eigenvalue weighted by Crippen LogP contribution is -2.30. The molecule has 2 N–H and O–H groups in total. The zero-order valence-corrected chi connectivity index (χ0v) is 16.1. The Balaban J connectivity index is 0.00000225. The van der Waals surface area contributed by atoms with E-state index in [0.29, 0.717) is 17.7 Å². The van der Waals surface area contributed by atoms with Crippen LogP contribution >= 0.6 is 28.3 Å². The van der Waals surface area contributed by atoms with Crippen molar-refractivity contribution in [2.24, 2.45) is 5.73 Å². The molecule has 25 heavy (non-hydrogen) atoms. The first-order chi connectivity index (χ1) is 11.6. The van der Waals surface area contributed by atoms with Gasteiger partial charge in [-0.25, -0.2) is 0 Å². The van der Waals surface area contributed by atoms with Gasteiger partial charge < -0.3 is 5.73 Å². The summed E-state index contributed by atoms with van der Waals surface area (Å²) in [4.78, 5) is 25.9. The van der Waals surface area contributed by atoms with Gasteiger partial charge in [0.1, 0.15) is 0 Å². The Hall–Kier alpha value is -1.69. The molecule has 1 unspecified atom stereocenters. The number of nitrogens with two attached hydrogens (primary N) is 1. The molecule has 1 aliphatic heterocycles. The molecule has 0 saturated heterocycles. The van der Waals surface area contributed by atoms with Gasteiger partial charge in [-0.1, -0.05) is 40.2 Å². The fourth-order valence-electron chi connectivity index (χ4n) is 2.98.